The van der Waals surface area contributed by atoms with Crippen LogP contribution in [0.4, 0.5) is 0 Å². The first-order chi connectivity index (χ1) is 14.5. The molecule has 0 saturated heterocycles. The smallest absolute Gasteiger partial charge is 0.230 e. The number of halogens is 1. The number of carbonyl (C=O) groups is 1. The predicted molar refractivity (Wildman–Crippen MR) is 123 cm³/mol. The summed E-state index contributed by atoms with van der Waals surface area (Å²) >= 11 is 3.50. The van der Waals surface area contributed by atoms with Crippen LogP contribution in [0, 0.1) is 0 Å². The summed E-state index contributed by atoms with van der Waals surface area (Å²) < 4.78 is 12.4. The van der Waals surface area contributed by atoms with Gasteiger partial charge in [0.15, 0.2) is 11.5 Å². The maximum absolute atomic E-state index is 12.9. The predicted octanol–water partition coefficient (Wildman–Crippen LogP) is 4.53. The van der Waals surface area contributed by atoms with E-state index in [0.29, 0.717) is 18.9 Å². The summed E-state index contributed by atoms with van der Waals surface area (Å²) in [5, 5.41) is 3.11. The molecule has 2 aromatic rings. The van der Waals surface area contributed by atoms with Crippen LogP contribution >= 0.6 is 15.9 Å². The topological polar surface area (TPSA) is 50.8 Å². The van der Waals surface area contributed by atoms with Gasteiger partial charge in [-0.2, -0.15) is 0 Å². The van der Waals surface area contributed by atoms with Crippen molar-refractivity contribution in [3.05, 3.63) is 58.1 Å². The number of carbonyl (C=O) groups excluding carboxylic acids is 1. The fraction of sp³-hybridized carbons (Fsp3) is 0.458. The van der Waals surface area contributed by atoms with Crippen LogP contribution in [0.15, 0.2) is 46.9 Å². The van der Waals surface area contributed by atoms with E-state index in [0.717, 1.165) is 53.8 Å². The average molecular weight is 475 g/mol. The maximum atomic E-state index is 12.9. The van der Waals surface area contributed by atoms with Crippen LogP contribution in [0.3, 0.4) is 0 Å². The van der Waals surface area contributed by atoms with Gasteiger partial charge in [-0.15, -0.1) is 0 Å². The minimum absolute atomic E-state index is 0.0825. The molecule has 30 heavy (non-hydrogen) atoms. The Bertz CT molecular complexity index is 863. The third kappa shape index (κ3) is 5.35. The lowest BCUT2D eigenvalue weighted by Crippen LogP contribution is -2.34. The van der Waals surface area contributed by atoms with Crippen LogP contribution in [-0.2, 0) is 16.8 Å². The van der Waals surface area contributed by atoms with Crippen molar-refractivity contribution in [3.8, 4) is 11.5 Å². The monoisotopic (exact) mass is 474 g/mol. The Morgan fingerprint density at radius 2 is 1.90 bits per heavy atom. The van der Waals surface area contributed by atoms with Gasteiger partial charge in [0.25, 0.3) is 0 Å². The Morgan fingerprint density at radius 1 is 1.13 bits per heavy atom. The van der Waals surface area contributed by atoms with E-state index in [1.807, 2.05) is 42.5 Å². The summed E-state index contributed by atoms with van der Waals surface area (Å²) in [5.74, 6) is 1.50. The fourth-order valence-electron chi connectivity index (χ4n) is 3.68. The number of hydrogen-bond acceptors (Lipinski definition) is 4. The second-order valence-electron chi connectivity index (χ2n) is 7.64. The lowest BCUT2D eigenvalue weighted by molar-refractivity contribution is -0.123. The number of hydrogen-bond donors (Lipinski definition) is 1. The van der Waals surface area contributed by atoms with Gasteiger partial charge < -0.3 is 19.7 Å². The highest BCUT2D eigenvalue weighted by atomic mass is 79.9. The minimum atomic E-state index is -0.388. The Balaban J connectivity index is 1.58. The molecular weight excluding hydrogens is 444 g/mol. The molecule has 1 amide bonds. The average Bonchev–Trinajstić information content (AvgIpc) is 3.57. The van der Waals surface area contributed by atoms with E-state index in [1.54, 1.807) is 7.11 Å². The number of benzene rings is 2. The van der Waals surface area contributed by atoms with Crippen molar-refractivity contribution >= 4 is 21.8 Å². The first-order valence-corrected chi connectivity index (χ1v) is 11.4. The van der Waals surface area contributed by atoms with E-state index in [4.69, 9.17) is 9.47 Å². The minimum Gasteiger partial charge on any atom is -0.493 e. The molecule has 0 bridgehead atoms. The Labute approximate surface area is 187 Å². The highest BCUT2D eigenvalue weighted by Gasteiger charge is 2.51. The summed E-state index contributed by atoms with van der Waals surface area (Å²) in [6, 6.07) is 13.9. The zero-order valence-corrected chi connectivity index (χ0v) is 19.6. The summed E-state index contributed by atoms with van der Waals surface area (Å²) in [4.78, 5) is 15.2. The third-order valence-corrected chi connectivity index (χ3v) is 6.30. The van der Waals surface area contributed by atoms with Crippen molar-refractivity contribution in [3.63, 3.8) is 0 Å². The van der Waals surface area contributed by atoms with Gasteiger partial charge in [-0.3, -0.25) is 4.79 Å². The SMILES string of the molecule is CCN(CC)CCOc1ccc(CNC(=O)C2(c3cccc(Br)c3)CC2)cc1OC. The molecule has 0 atom stereocenters. The molecule has 0 unspecified atom stereocenters. The quantitative estimate of drug-likeness (QED) is 0.519. The van der Waals surface area contributed by atoms with Gasteiger partial charge in [0.1, 0.15) is 6.61 Å². The molecule has 1 aliphatic rings. The van der Waals surface area contributed by atoms with Crippen LogP contribution in [0.1, 0.15) is 37.8 Å². The van der Waals surface area contributed by atoms with E-state index in [-0.39, 0.29) is 11.3 Å². The van der Waals surface area contributed by atoms with E-state index in [9.17, 15) is 4.79 Å². The van der Waals surface area contributed by atoms with Gasteiger partial charge in [-0.1, -0.05) is 48.0 Å². The van der Waals surface area contributed by atoms with Crippen LogP contribution in [-0.4, -0.2) is 44.2 Å². The Hall–Kier alpha value is -2.05. The summed E-state index contributed by atoms with van der Waals surface area (Å²) in [7, 11) is 1.64. The van der Waals surface area contributed by atoms with Crippen molar-refractivity contribution in [2.75, 3.05) is 33.4 Å². The van der Waals surface area contributed by atoms with E-state index < -0.39 is 0 Å². The zero-order chi connectivity index (χ0) is 21.6. The number of likely N-dealkylation sites (N-methyl/N-ethyl adjacent to an activating group) is 1. The molecule has 3 rings (SSSR count). The molecule has 2 aromatic carbocycles. The molecule has 0 heterocycles. The molecule has 5 nitrogen and oxygen atoms in total. The van der Waals surface area contributed by atoms with E-state index in [2.05, 4.69) is 40.0 Å². The van der Waals surface area contributed by atoms with Crippen LogP contribution in [0.5, 0.6) is 11.5 Å². The molecule has 1 aliphatic carbocycles. The van der Waals surface area contributed by atoms with E-state index >= 15 is 0 Å². The molecule has 0 aromatic heterocycles. The maximum Gasteiger partial charge on any atom is 0.230 e. The summed E-state index contributed by atoms with van der Waals surface area (Å²) in [5.41, 5.74) is 1.67. The first-order valence-electron chi connectivity index (χ1n) is 10.6. The zero-order valence-electron chi connectivity index (χ0n) is 18.0. The van der Waals surface area contributed by atoms with Gasteiger partial charge in [-0.25, -0.2) is 0 Å². The van der Waals surface area contributed by atoms with Crippen molar-refractivity contribution in [1.29, 1.82) is 0 Å². The molecule has 0 spiro atoms. The second-order valence-corrected chi connectivity index (χ2v) is 8.55. The molecule has 162 valence electrons. The first kappa shape index (κ1) is 22.6. The van der Waals surface area contributed by atoms with Gasteiger partial charge in [0.05, 0.1) is 12.5 Å². The summed E-state index contributed by atoms with van der Waals surface area (Å²) in [6.07, 6.45) is 1.77. The van der Waals surface area contributed by atoms with Gasteiger partial charge >= 0.3 is 0 Å². The van der Waals surface area contributed by atoms with E-state index in [1.165, 1.54) is 0 Å². The second kappa shape index (κ2) is 10.3. The van der Waals surface area contributed by atoms with Crippen molar-refractivity contribution in [2.45, 2.75) is 38.6 Å². The molecular formula is C24H31BrN2O3. The van der Waals surface area contributed by atoms with Gasteiger partial charge in [0, 0.05) is 17.6 Å². The lowest BCUT2D eigenvalue weighted by atomic mass is 9.95. The number of nitrogens with one attached hydrogen (secondary N) is 1. The molecule has 0 aliphatic heterocycles. The molecule has 0 radical (unpaired) electrons. The largest absolute Gasteiger partial charge is 0.493 e. The Kier molecular flexibility index (Phi) is 7.78. The highest BCUT2D eigenvalue weighted by Crippen LogP contribution is 2.48. The van der Waals surface area contributed by atoms with Crippen molar-refractivity contribution in [2.24, 2.45) is 0 Å². The number of methoxy groups -OCH3 is 1. The van der Waals surface area contributed by atoms with Crippen molar-refractivity contribution < 1.29 is 14.3 Å². The van der Waals surface area contributed by atoms with Gasteiger partial charge in [-0.05, 0) is 61.3 Å². The molecule has 6 heteroatoms. The molecule has 1 saturated carbocycles. The third-order valence-electron chi connectivity index (χ3n) is 5.80. The Morgan fingerprint density at radius 3 is 2.53 bits per heavy atom. The number of nitrogens with zero attached hydrogens (tertiary/aromatic N) is 1. The van der Waals surface area contributed by atoms with Crippen LogP contribution < -0.4 is 14.8 Å². The normalized spacial score (nSPS) is 14.4. The molecule has 1 N–H and O–H groups in total. The number of ether oxygens (including phenoxy) is 2. The fourth-order valence-corrected chi connectivity index (χ4v) is 4.07. The molecule has 1 fully saturated rings. The standard InChI is InChI=1S/C24H31BrN2O3/c1-4-27(5-2)13-14-30-21-10-9-18(15-22(21)29-3)17-26-23(28)24(11-12-24)19-7-6-8-20(25)16-19/h6-10,15-16H,4-5,11-14,17H2,1-3H3,(H,26,28). The lowest BCUT2D eigenvalue weighted by Gasteiger charge is -2.19. The van der Waals surface area contributed by atoms with Crippen LogP contribution in [0.2, 0.25) is 0 Å². The van der Waals surface area contributed by atoms with Gasteiger partial charge in [0.2, 0.25) is 5.91 Å². The van der Waals surface area contributed by atoms with Crippen LogP contribution in [0.25, 0.3) is 0 Å². The highest BCUT2D eigenvalue weighted by molar-refractivity contribution is 9.10. The number of amides is 1. The van der Waals surface area contributed by atoms with Crippen molar-refractivity contribution in [1.82, 2.24) is 10.2 Å². The number of rotatable bonds is 11. The summed E-state index contributed by atoms with van der Waals surface area (Å²) in [6.45, 7) is 8.28.